The molecule has 1 aliphatic carbocycles. The zero-order chi connectivity index (χ0) is 42.7. The van der Waals surface area contributed by atoms with Crippen LogP contribution in [0.3, 0.4) is 0 Å². The minimum Gasteiger partial charge on any atom is -0.209 e. The van der Waals surface area contributed by atoms with E-state index in [-0.39, 0.29) is 0 Å². The van der Waals surface area contributed by atoms with Crippen molar-refractivity contribution in [1.82, 2.24) is 15.0 Å². The standard InChI is InChI=1S/C61H45N3/c1-7-22-42(23-8-1)53-41-54(57(45-27-11-3-12-28-45)58(46-29-13-4-14-30-46)56(53)44-25-9-2-10-26-44)49-35-21-36-50(40-49)55-51-37-20-19-24-43(51)38-39-52(55)61-63-59(47-31-15-5-16-32-47)62-60(64-61)48-33-17-6-18-34-48/h1-5,7-16,19-33,35-41H,6,17-18,34H2. The Balaban J connectivity index is 1.20. The highest BCUT2D eigenvalue weighted by Gasteiger charge is 2.25. The van der Waals surface area contributed by atoms with Gasteiger partial charge in [-0.2, -0.15) is 0 Å². The van der Waals surface area contributed by atoms with E-state index >= 15 is 0 Å². The molecule has 0 aliphatic heterocycles. The third-order valence-corrected chi connectivity index (χ3v) is 12.5. The van der Waals surface area contributed by atoms with Crippen LogP contribution >= 0.6 is 0 Å². The van der Waals surface area contributed by atoms with Crippen molar-refractivity contribution < 1.29 is 0 Å². The summed E-state index contributed by atoms with van der Waals surface area (Å²) in [6, 6.07) is 78.4. The molecular formula is C61H45N3. The van der Waals surface area contributed by atoms with Gasteiger partial charge in [0.05, 0.1) is 0 Å². The number of nitrogens with zero attached hydrogens (tertiary/aromatic N) is 3. The first-order chi connectivity index (χ1) is 31.8. The van der Waals surface area contributed by atoms with Gasteiger partial charge in [-0.1, -0.05) is 206 Å². The monoisotopic (exact) mass is 819 g/mol. The van der Waals surface area contributed by atoms with E-state index in [2.05, 4.69) is 206 Å². The molecule has 0 N–H and O–H groups in total. The van der Waals surface area contributed by atoms with E-state index in [1.165, 1.54) is 50.9 Å². The second-order valence-electron chi connectivity index (χ2n) is 16.5. The summed E-state index contributed by atoms with van der Waals surface area (Å²) in [6.07, 6.45) is 6.66. The Morgan fingerprint density at radius 3 is 1.42 bits per heavy atom. The summed E-state index contributed by atoms with van der Waals surface area (Å²) in [5.41, 5.74) is 17.1. The van der Waals surface area contributed by atoms with Crippen molar-refractivity contribution in [3.8, 4) is 89.5 Å². The largest absolute Gasteiger partial charge is 0.209 e. The lowest BCUT2D eigenvalue weighted by Gasteiger charge is -2.25. The van der Waals surface area contributed by atoms with Crippen LogP contribution in [0.2, 0.25) is 0 Å². The lowest BCUT2D eigenvalue weighted by atomic mass is 9.78. The molecular weight excluding hydrogens is 775 g/mol. The molecule has 3 heteroatoms. The first-order valence-electron chi connectivity index (χ1n) is 22.3. The van der Waals surface area contributed by atoms with Crippen molar-refractivity contribution in [1.29, 1.82) is 0 Å². The van der Waals surface area contributed by atoms with Gasteiger partial charge < -0.3 is 0 Å². The first-order valence-corrected chi connectivity index (χ1v) is 22.3. The second kappa shape index (κ2) is 17.4. The van der Waals surface area contributed by atoms with Gasteiger partial charge in [-0.25, -0.2) is 15.0 Å². The van der Waals surface area contributed by atoms with Gasteiger partial charge in [-0.05, 0) is 121 Å². The van der Waals surface area contributed by atoms with Crippen molar-refractivity contribution in [2.24, 2.45) is 0 Å². The Labute approximate surface area is 375 Å². The van der Waals surface area contributed by atoms with E-state index < -0.39 is 0 Å². The molecule has 0 saturated carbocycles. The maximum absolute atomic E-state index is 5.32. The topological polar surface area (TPSA) is 38.7 Å². The highest BCUT2D eigenvalue weighted by molar-refractivity contribution is 6.09. The van der Waals surface area contributed by atoms with Gasteiger partial charge in [0.2, 0.25) is 0 Å². The summed E-state index contributed by atoms with van der Waals surface area (Å²) in [5, 5.41) is 2.31. The van der Waals surface area contributed by atoms with Crippen LogP contribution in [-0.2, 0) is 0 Å². The van der Waals surface area contributed by atoms with Crippen LogP contribution in [0.4, 0.5) is 0 Å². The Hall–Kier alpha value is -8.01. The third-order valence-electron chi connectivity index (χ3n) is 12.5. The van der Waals surface area contributed by atoms with Crippen molar-refractivity contribution in [3.05, 3.63) is 230 Å². The van der Waals surface area contributed by atoms with Crippen LogP contribution in [0.5, 0.6) is 0 Å². The van der Waals surface area contributed by atoms with Gasteiger partial charge in [0.25, 0.3) is 0 Å². The molecule has 1 aromatic heterocycles. The number of aromatic nitrogens is 3. The lowest BCUT2D eigenvalue weighted by molar-refractivity contribution is 0.736. The Bertz CT molecular complexity index is 3290. The molecule has 0 saturated heterocycles. The number of hydrogen-bond donors (Lipinski definition) is 0. The van der Waals surface area contributed by atoms with Crippen molar-refractivity contribution in [2.75, 3.05) is 0 Å². The van der Waals surface area contributed by atoms with Crippen molar-refractivity contribution in [2.45, 2.75) is 25.7 Å². The summed E-state index contributed by atoms with van der Waals surface area (Å²) < 4.78 is 0. The average Bonchev–Trinajstić information content (AvgIpc) is 3.39. The van der Waals surface area contributed by atoms with Gasteiger partial charge in [-0.15, -0.1) is 0 Å². The molecule has 1 aliphatic rings. The van der Waals surface area contributed by atoms with E-state index in [1.54, 1.807) is 0 Å². The number of hydrogen-bond acceptors (Lipinski definition) is 3. The van der Waals surface area contributed by atoms with Crippen LogP contribution in [0, 0.1) is 0 Å². The predicted octanol–water partition coefficient (Wildman–Crippen LogP) is 16.3. The number of benzene rings is 9. The highest BCUT2D eigenvalue weighted by Crippen LogP contribution is 2.51. The first kappa shape index (κ1) is 38.9. The number of rotatable bonds is 9. The van der Waals surface area contributed by atoms with Crippen LogP contribution in [-0.4, -0.2) is 15.0 Å². The molecule has 64 heavy (non-hydrogen) atoms. The maximum atomic E-state index is 5.32. The van der Waals surface area contributed by atoms with Crippen molar-refractivity contribution >= 4 is 16.3 Å². The predicted molar refractivity (Wildman–Crippen MR) is 267 cm³/mol. The lowest BCUT2D eigenvalue weighted by Crippen LogP contribution is -2.05. The molecule has 0 radical (unpaired) electrons. The third kappa shape index (κ3) is 7.52. The summed E-state index contributed by atoms with van der Waals surface area (Å²) in [7, 11) is 0. The van der Waals surface area contributed by atoms with Crippen LogP contribution < -0.4 is 0 Å². The van der Waals surface area contributed by atoms with Crippen LogP contribution in [0.1, 0.15) is 31.5 Å². The fourth-order valence-corrected chi connectivity index (χ4v) is 9.47. The van der Waals surface area contributed by atoms with E-state index in [9.17, 15) is 0 Å². The van der Waals surface area contributed by atoms with Crippen molar-refractivity contribution in [3.63, 3.8) is 0 Å². The molecule has 0 bridgehead atoms. The Morgan fingerprint density at radius 1 is 0.297 bits per heavy atom. The molecule has 0 fully saturated rings. The van der Waals surface area contributed by atoms with E-state index in [0.29, 0.717) is 11.6 Å². The fourth-order valence-electron chi connectivity index (χ4n) is 9.47. The SMILES string of the molecule is C1=C(c2nc(-c3ccccc3)nc(-c3ccc4ccccc4c3-c3cccc(-c4cc(-c5ccccc5)c(-c5ccccc5)c(-c5ccccc5)c4-c4ccccc4)c3)n2)CCCC1. The fraction of sp³-hybridized carbons (Fsp3) is 0.0656. The molecule has 11 rings (SSSR count). The Morgan fingerprint density at radius 2 is 0.797 bits per heavy atom. The summed E-state index contributed by atoms with van der Waals surface area (Å²) in [6.45, 7) is 0. The van der Waals surface area contributed by atoms with Crippen LogP contribution in [0.25, 0.3) is 106 Å². The number of fused-ring (bicyclic) bond motifs is 1. The molecule has 0 spiro atoms. The summed E-state index contributed by atoms with van der Waals surface area (Å²) >= 11 is 0. The molecule has 10 aromatic rings. The van der Waals surface area contributed by atoms with Gasteiger partial charge in [0.15, 0.2) is 17.5 Å². The Kier molecular flexibility index (Phi) is 10.6. The average molecular weight is 820 g/mol. The summed E-state index contributed by atoms with van der Waals surface area (Å²) in [4.78, 5) is 15.7. The molecule has 3 nitrogen and oxygen atoms in total. The highest BCUT2D eigenvalue weighted by atomic mass is 15.0. The van der Waals surface area contributed by atoms with Crippen LogP contribution in [0.15, 0.2) is 224 Å². The maximum Gasteiger partial charge on any atom is 0.164 e. The molecule has 9 aromatic carbocycles. The normalized spacial score (nSPS) is 12.5. The quantitative estimate of drug-likeness (QED) is 0.146. The molecule has 0 atom stereocenters. The summed E-state index contributed by atoms with van der Waals surface area (Å²) in [5.74, 6) is 2.13. The van der Waals surface area contributed by atoms with E-state index in [0.717, 1.165) is 74.8 Å². The van der Waals surface area contributed by atoms with Gasteiger partial charge in [0, 0.05) is 16.7 Å². The van der Waals surface area contributed by atoms with Gasteiger partial charge in [0.1, 0.15) is 0 Å². The number of allylic oxidation sites excluding steroid dienone is 2. The van der Waals surface area contributed by atoms with E-state index in [4.69, 9.17) is 15.0 Å². The minimum absolute atomic E-state index is 0.677. The van der Waals surface area contributed by atoms with Gasteiger partial charge >= 0.3 is 0 Å². The molecule has 0 unspecified atom stereocenters. The zero-order valence-electron chi connectivity index (χ0n) is 35.5. The molecule has 1 heterocycles. The zero-order valence-corrected chi connectivity index (χ0v) is 35.5. The van der Waals surface area contributed by atoms with E-state index in [1.807, 2.05) is 18.2 Å². The second-order valence-corrected chi connectivity index (χ2v) is 16.5. The molecule has 304 valence electrons. The minimum atomic E-state index is 0.677. The smallest absolute Gasteiger partial charge is 0.164 e. The molecule has 0 amide bonds. The van der Waals surface area contributed by atoms with Gasteiger partial charge in [-0.3, -0.25) is 0 Å².